The molecular weight excluding hydrogens is 416 g/mol. The zero-order valence-electron chi connectivity index (χ0n) is 17.0. The number of nitrogens with one attached hydrogen (secondary N) is 2. The molecule has 3 N–H and O–H groups in total. The number of halogens is 1. The van der Waals surface area contributed by atoms with Crippen LogP contribution in [0.15, 0.2) is 21.3 Å². The first-order valence-electron chi connectivity index (χ1n) is 9.13. The second-order valence-corrected chi connectivity index (χ2v) is 7.46. The molecule has 0 saturated carbocycles. The normalized spacial score (nSPS) is 11.9. The molecule has 2 rings (SSSR count). The Hall–Kier alpha value is -3.07. The summed E-state index contributed by atoms with van der Waals surface area (Å²) in [7, 11) is 1.44. The number of benzene rings is 1. The molecule has 162 valence electrons. The van der Waals surface area contributed by atoms with Crippen molar-refractivity contribution in [3.05, 3.63) is 38.7 Å². The number of hydrogen-bond acceptors (Lipinski definition) is 6. The topological polar surface area (TPSA) is 135 Å². The average molecular weight is 439 g/mol. The molecule has 2 aromatic rings. The van der Waals surface area contributed by atoms with Crippen molar-refractivity contribution in [2.24, 2.45) is 5.92 Å². The second-order valence-electron chi connectivity index (χ2n) is 7.06. The fourth-order valence-corrected chi connectivity index (χ4v) is 3.13. The van der Waals surface area contributed by atoms with E-state index in [9.17, 15) is 19.2 Å². The molecule has 0 aliphatic heterocycles. The maximum Gasteiger partial charge on any atom is 0.340 e. The maximum absolute atomic E-state index is 12.3. The van der Waals surface area contributed by atoms with Gasteiger partial charge in [-0.1, -0.05) is 25.4 Å². The van der Waals surface area contributed by atoms with E-state index in [-0.39, 0.29) is 23.5 Å². The number of ether oxygens (including phenoxy) is 1. The SMILES string of the molecule is COc1cc2oc(=O)c(CC(=O)NCC(=O)N[C@H](C(=O)O)C(C)C)c(C)c2cc1Cl. The van der Waals surface area contributed by atoms with E-state index >= 15 is 0 Å². The molecule has 9 nitrogen and oxygen atoms in total. The minimum Gasteiger partial charge on any atom is -0.495 e. The van der Waals surface area contributed by atoms with Gasteiger partial charge in [0.05, 0.1) is 30.7 Å². The molecule has 1 atom stereocenters. The van der Waals surface area contributed by atoms with Crippen molar-refractivity contribution in [2.45, 2.75) is 33.2 Å². The van der Waals surface area contributed by atoms with Crippen molar-refractivity contribution in [3.63, 3.8) is 0 Å². The van der Waals surface area contributed by atoms with E-state index in [2.05, 4.69) is 10.6 Å². The van der Waals surface area contributed by atoms with Crippen LogP contribution in [0.5, 0.6) is 5.75 Å². The number of hydrogen-bond donors (Lipinski definition) is 3. The fourth-order valence-electron chi connectivity index (χ4n) is 2.89. The van der Waals surface area contributed by atoms with E-state index in [1.807, 2.05) is 0 Å². The number of methoxy groups -OCH3 is 1. The van der Waals surface area contributed by atoms with Gasteiger partial charge in [0.1, 0.15) is 17.4 Å². The van der Waals surface area contributed by atoms with Crippen molar-refractivity contribution in [3.8, 4) is 5.75 Å². The van der Waals surface area contributed by atoms with Crippen LogP contribution >= 0.6 is 11.6 Å². The molecule has 0 radical (unpaired) electrons. The second kappa shape index (κ2) is 9.62. The summed E-state index contributed by atoms with van der Waals surface area (Å²) in [5.41, 5.74) is 0.244. The van der Waals surface area contributed by atoms with E-state index in [1.165, 1.54) is 13.2 Å². The summed E-state index contributed by atoms with van der Waals surface area (Å²) in [4.78, 5) is 47.7. The van der Waals surface area contributed by atoms with Gasteiger partial charge in [0.25, 0.3) is 0 Å². The molecule has 0 spiro atoms. The van der Waals surface area contributed by atoms with Crippen LogP contribution in [0.25, 0.3) is 11.0 Å². The van der Waals surface area contributed by atoms with Crippen molar-refractivity contribution in [2.75, 3.05) is 13.7 Å². The summed E-state index contributed by atoms with van der Waals surface area (Å²) in [5.74, 6) is -2.37. The molecule has 0 aliphatic rings. The summed E-state index contributed by atoms with van der Waals surface area (Å²) in [5, 5.41) is 14.7. The number of rotatable bonds is 8. The molecule has 1 aromatic carbocycles. The third-order valence-corrected chi connectivity index (χ3v) is 4.89. The lowest BCUT2D eigenvalue weighted by molar-refractivity contribution is -0.143. The summed E-state index contributed by atoms with van der Waals surface area (Å²) in [6.07, 6.45) is -0.312. The highest BCUT2D eigenvalue weighted by molar-refractivity contribution is 6.32. The number of fused-ring (bicyclic) bond motifs is 1. The van der Waals surface area contributed by atoms with Crippen LogP contribution in [0.4, 0.5) is 0 Å². The number of aliphatic carboxylic acids is 1. The molecule has 30 heavy (non-hydrogen) atoms. The zero-order valence-corrected chi connectivity index (χ0v) is 17.8. The molecule has 1 heterocycles. The van der Waals surface area contributed by atoms with Gasteiger partial charge < -0.3 is 24.9 Å². The van der Waals surface area contributed by atoms with Gasteiger partial charge in [-0.25, -0.2) is 9.59 Å². The number of carbonyl (C=O) groups is 3. The van der Waals surface area contributed by atoms with Gasteiger partial charge in [-0.3, -0.25) is 9.59 Å². The Morgan fingerprint density at radius 1 is 1.23 bits per heavy atom. The van der Waals surface area contributed by atoms with Crippen LogP contribution in [0, 0.1) is 12.8 Å². The van der Waals surface area contributed by atoms with Crippen molar-refractivity contribution in [1.82, 2.24) is 10.6 Å². The minimum atomic E-state index is -1.16. The fraction of sp³-hybridized carbons (Fsp3) is 0.400. The number of amides is 2. The number of carbonyl (C=O) groups excluding carboxylic acids is 2. The van der Waals surface area contributed by atoms with Gasteiger partial charge in [0.2, 0.25) is 11.8 Å². The van der Waals surface area contributed by atoms with E-state index in [4.69, 9.17) is 25.9 Å². The van der Waals surface area contributed by atoms with Crippen LogP contribution in [-0.2, 0) is 20.8 Å². The summed E-state index contributed by atoms with van der Waals surface area (Å²) in [6.45, 7) is 4.55. The largest absolute Gasteiger partial charge is 0.495 e. The summed E-state index contributed by atoms with van der Waals surface area (Å²) in [6, 6.07) is 2.01. The lowest BCUT2D eigenvalue weighted by Gasteiger charge is -2.18. The first kappa shape index (κ1) is 23.2. The van der Waals surface area contributed by atoms with E-state index in [1.54, 1.807) is 26.8 Å². The van der Waals surface area contributed by atoms with Crippen LogP contribution in [0.1, 0.15) is 25.0 Å². The first-order chi connectivity index (χ1) is 14.0. The van der Waals surface area contributed by atoms with Crippen LogP contribution in [0.3, 0.4) is 0 Å². The Kier molecular flexibility index (Phi) is 7.44. The number of carboxylic acids is 1. The Balaban J connectivity index is 2.12. The molecular formula is C20H23ClN2O7. The van der Waals surface area contributed by atoms with Crippen LogP contribution < -0.4 is 21.0 Å². The Morgan fingerprint density at radius 2 is 1.90 bits per heavy atom. The quantitative estimate of drug-likeness (QED) is 0.533. The third-order valence-electron chi connectivity index (χ3n) is 4.59. The molecule has 2 amide bonds. The highest BCUT2D eigenvalue weighted by atomic mass is 35.5. The van der Waals surface area contributed by atoms with E-state index in [0.717, 1.165) is 0 Å². The Morgan fingerprint density at radius 3 is 2.47 bits per heavy atom. The van der Waals surface area contributed by atoms with Crippen LogP contribution in [-0.4, -0.2) is 42.6 Å². The number of carboxylic acid groups (broad SMARTS) is 1. The molecule has 0 fully saturated rings. The first-order valence-corrected chi connectivity index (χ1v) is 9.51. The van der Waals surface area contributed by atoms with Gasteiger partial charge in [0, 0.05) is 11.5 Å². The van der Waals surface area contributed by atoms with Crippen molar-refractivity contribution >= 4 is 40.4 Å². The third kappa shape index (κ3) is 5.29. The minimum absolute atomic E-state index is 0.132. The van der Waals surface area contributed by atoms with E-state index in [0.29, 0.717) is 21.7 Å². The van der Waals surface area contributed by atoms with Gasteiger partial charge in [-0.2, -0.15) is 0 Å². The zero-order chi connectivity index (χ0) is 22.6. The van der Waals surface area contributed by atoms with Crippen molar-refractivity contribution < 1.29 is 28.6 Å². The van der Waals surface area contributed by atoms with Gasteiger partial charge >= 0.3 is 11.6 Å². The highest BCUT2D eigenvalue weighted by Crippen LogP contribution is 2.31. The summed E-state index contributed by atoms with van der Waals surface area (Å²) >= 11 is 6.13. The smallest absolute Gasteiger partial charge is 0.340 e. The Bertz CT molecular complexity index is 1050. The monoisotopic (exact) mass is 438 g/mol. The maximum atomic E-state index is 12.3. The summed E-state index contributed by atoms with van der Waals surface area (Å²) < 4.78 is 10.4. The van der Waals surface area contributed by atoms with Gasteiger partial charge in [0.15, 0.2) is 0 Å². The highest BCUT2D eigenvalue weighted by Gasteiger charge is 2.23. The van der Waals surface area contributed by atoms with Crippen molar-refractivity contribution in [1.29, 1.82) is 0 Å². The predicted molar refractivity (Wildman–Crippen MR) is 110 cm³/mol. The molecule has 10 heteroatoms. The molecule has 0 saturated heterocycles. The number of aryl methyl sites for hydroxylation is 1. The van der Waals surface area contributed by atoms with Gasteiger partial charge in [-0.15, -0.1) is 0 Å². The average Bonchev–Trinajstić information content (AvgIpc) is 2.67. The lowest BCUT2D eigenvalue weighted by atomic mass is 10.0. The molecule has 0 aliphatic carbocycles. The molecule has 0 bridgehead atoms. The van der Waals surface area contributed by atoms with Gasteiger partial charge in [-0.05, 0) is 24.5 Å². The standard InChI is InChI=1S/C20H23ClN2O7/c1-9(2)18(19(26)27)23-17(25)8-22-16(24)6-12-10(3)11-5-13(21)15(29-4)7-14(11)30-20(12)28/h5,7,9,18H,6,8H2,1-4H3,(H,22,24)(H,23,25)(H,26,27)/t18-/m0/s1. The van der Waals surface area contributed by atoms with Crippen LogP contribution in [0.2, 0.25) is 5.02 Å². The lowest BCUT2D eigenvalue weighted by Crippen LogP contribution is -2.48. The van der Waals surface area contributed by atoms with E-state index < -0.39 is 36.0 Å². The molecule has 0 unspecified atom stereocenters. The predicted octanol–water partition coefficient (Wildman–Crippen LogP) is 1.65. The Labute approximate surface area is 177 Å². The molecule has 1 aromatic heterocycles.